The summed E-state index contributed by atoms with van der Waals surface area (Å²) < 4.78 is 11.0. The van der Waals surface area contributed by atoms with Crippen LogP contribution in [0.25, 0.3) is 0 Å². The highest BCUT2D eigenvalue weighted by Gasteiger charge is 2.25. The van der Waals surface area contributed by atoms with Gasteiger partial charge in [-0.05, 0) is 37.6 Å². The van der Waals surface area contributed by atoms with Crippen LogP contribution < -0.4 is 5.73 Å². The lowest BCUT2D eigenvalue weighted by Crippen LogP contribution is -2.23. The van der Waals surface area contributed by atoms with Crippen molar-refractivity contribution in [2.24, 2.45) is 17.6 Å². The number of nitrogens with two attached hydrogens (primary N) is 1. The number of rotatable bonds is 8. The standard InChI is InChI=1S/C12H25NO2/c1-2-6-14-7-8-15-10-12-5-3-4-11(12)9-13/h11-12H,2-10,13H2,1H3. The van der Waals surface area contributed by atoms with Crippen molar-refractivity contribution in [2.45, 2.75) is 32.6 Å². The SMILES string of the molecule is CCCOCCOCC1CCCC1CN. The molecule has 0 aromatic carbocycles. The first kappa shape index (κ1) is 12.9. The summed E-state index contributed by atoms with van der Waals surface area (Å²) >= 11 is 0. The summed E-state index contributed by atoms with van der Waals surface area (Å²) in [7, 11) is 0. The average Bonchev–Trinajstić information content (AvgIpc) is 2.70. The molecule has 90 valence electrons. The van der Waals surface area contributed by atoms with E-state index in [-0.39, 0.29) is 0 Å². The van der Waals surface area contributed by atoms with Gasteiger partial charge in [0.15, 0.2) is 0 Å². The first-order valence-corrected chi connectivity index (χ1v) is 6.24. The molecule has 2 atom stereocenters. The Hall–Kier alpha value is -0.120. The molecule has 0 saturated heterocycles. The number of hydrogen-bond donors (Lipinski definition) is 1. The van der Waals surface area contributed by atoms with Gasteiger partial charge >= 0.3 is 0 Å². The van der Waals surface area contributed by atoms with Gasteiger partial charge in [-0.1, -0.05) is 13.3 Å². The molecule has 1 aliphatic rings. The van der Waals surface area contributed by atoms with Crippen molar-refractivity contribution in [1.29, 1.82) is 0 Å². The maximum atomic E-state index is 5.71. The predicted octanol–water partition coefficient (Wildman–Crippen LogP) is 1.80. The fourth-order valence-electron chi connectivity index (χ4n) is 2.24. The summed E-state index contributed by atoms with van der Waals surface area (Å²) in [5.41, 5.74) is 5.71. The van der Waals surface area contributed by atoms with Crippen LogP contribution in [0.3, 0.4) is 0 Å². The monoisotopic (exact) mass is 215 g/mol. The van der Waals surface area contributed by atoms with Crippen LogP contribution in [0.5, 0.6) is 0 Å². The second kappa shape index (κ2) is 8.08. The normalized spacial score (nSPS) is 26.0. The number of hydrogen-bond acceptors (Lipinski definition) is 3. The Kier molecular flexibility index (Phi) is 6.98. The molecule has 0 aliphatic heterocycles. The highest BCUT2D eigenvalue weighted by Crippen LogP contribution is 2.30. The molecule has 1 saturated carbocycles. The maximum Gasteiger partial charge on any atom is 0.0700 e. The lowest BCUT2D eigenvalue weighted by molar-refractivity contribution is 0.0284. The molecular weight excluding hydrogens is 190 g/mol. The second-order valence-corrected chi connectivity index (χ2v) is 4.37. The third kappa shape index (κ3) is 4.96. The molecule has 0 amide bonds. The van der Waals surface area contributed by atoms with E-state index in [9.17, 15) is 0 Å². The molecule has 0 aromatic heterocycles. The Morgan fingerprint density at radius 1 is 1.07 bits per heavy atom. The Morgan fingerprint density at radius 2 is 1.80 bits per heavy atom. The van der Waals surface area contributed by atoms with Crippen LogP contribution in [0.15, 0.2) is 0 Å². The summed E-state index contributed by atoms with van der Waals surface area (Å²) in [6.07, 6.45) is 4.98. The van der Waals surface area contributed by atoms with Crippen molar-refractivity contribution >= 4 is 0 Å². The van der Waals surface area contributed by atoms with Gasteiger partial charge in [0.25, 0.3) is 0 Å². The van der Waals surface area contributed by atoms with Crippen LogP contribution in [-0.2, 0) is 9.47 Å². The zero-order valence-corrected chi connectivity index (χ0v) is 9.91. The first-order chi connectivity index (χ1) is 7.38. The van der Waals surface area contributed by atoms with Crippen molar-refractivity contribution in [1.82, 2.24) is 0 Å². The van der Waals surface area contributed by atoms with Crippen LogP contribution >= 0.6 is 0 Å². The van der Waals surface area contributed by atoms with Crippen molar-refractivity contribution < 1.29 is 9.47 Å². The van der Waals surface area contributed by atoms with E-state index in [4.69, 9.17) is 15.2 Å². The topological polar surface area (TPSA) is 44.5 Å². The van der Waals surface area contributed by atoms with Crippen LogP contribution in [0, 0.1) is 11.8 Å². The maximum absolute atomic E-state index is 5.71. The van der Waals surface area contributed by atoms with Crippen molar-refractivity contribution in [2.75, 3.05) is 33.0 Å². The summed E-state index contributed by atoms with van der Waals surface area (Å²) in [5, 5.41) is 0. The zero-order valence-electron chi connectivity index (χ0n) is 9.91. The average molecular weight is 215 g/mol. The van der Waals surface area contributed by atoms with Gasteiger partial charge in [0.05, 0.1) is 13.2 Å². The lowest BCUT2D eigenvalue weighted by Gasteiger charge is -2.17. The molecule has 1 rings (SSSR count). The molecule has 3 nitrogen and oxygen atoms in total. The zero-order chi connectivity index (χ0) is 10.9. The molecule has 0 bridgehead atoms. The Morgan fingerprint density at radius 3 is 2.53 bits per heavy atom. The summed E-state index contributed by atoms with van der Waals surface area (Å²) in [4.78, 5) is 0. The Balaban J connectivity index is 1.95. The number of ether oxygens (including phenoxy) is 2. The van der Waals surface area contributed by atoms with E-state index in [1.54, 1.807) is 0 Å². The fraction of sp³-hybridized carbons (Fsp3) is 1.00. The summed E-state index contributed by atoms with van der Waals surface area (Å²) in [6.45, 7) is 6.11. The van der Waals surface area contributed by atoms with E-state index in [2.05, 4.69) is 6.92 Å². The quantitative estimate of drug-likeness (QED) is 0.628. The third-order valence-corrected chi connectivity index (χ3v) is 3.17. The predicted molar refractivity (Wildman–Crippen MR) is 61.8 cm³/mol. The van der Waals surface area contributed by atoms with Gasteiger partial charge in [-0.25, -0.2) is 0 Å². The highest BCUT2D eigenvalue weighted by atomic mass is 16.5. The van der Waals surface area contributed by atoms with Gasteiger partial charge in [-0.3, -0.25) is 0 Å². The van der Waals surface area contributed by atoms with Crippen molar-refractivity contribution in [3.63, 3.8) is 0 Å². The van der Waals surface area contributed by atoms with E-state index in [1.807, 2.05) is 0 Å². The molecule has 0 aromatic rings. The summed E-state index contributed by atoms with van der Waals surface area (Å²) in [5.74, 6) is 1.39. The van der Waals surface area contributed by atoms with E-state index < -0.39 is 0 Å². The molecule has 0 radical (unpaired) electrons. The van der Waals surface area contributed by atoms with Gasteiger partial charge in [0, 0.05) is 13.2 Å². The van der Waals surface area contributed by atoms with Gasteiger partial charge in [-0.15, -0.1) is 0 Å². The van der Waals surface area contributed by atoms with Crippen molar-refractivity contribution in [3.05, 3.63) is 0 Å². The van der Waals surface area contributed by atoms with Crippen LogP contribution in [0.2, 0.25) is 0 Å². The molecule has 15 heavy (non-hydrogen) atoms. The molecule has 2 unspecified atom stereocenters. The molecule has 3 heteroatoms. The van der Waals surface area contributed by atoms with Crippen LogP contribution in [-0.4, -0.2) is 33.0 Å². The van der Waals surface area contributed by atoms with Gasteiger partial charge in [0.2, 0.25) is 0 Å². The van der Waals surface area contributed by atoms with E-state index in [0.717, 1.165) is 39.4 Å². The Labute approximate surface area is 93.3 Å². The smallest absolute Gasteiger partial charge is 0.0700 e. The molecule has 1 fully saturated rings. The second-order valence-electron chi connectivity index (χ2n) is 4.37. The minimum absolute atomic E-state index is 0.696. The van der Waals surface area contributed by atoms with Crippen LogP contribution in [0.4, 0.5) is 0 Å². The molecule has 2 N–H and O–H groups in total. The van der Waals surface area contributed by atoms with E-state index >= 15 is 0 Å². The minimum atomic E-state index is 0.696. The minimum Gasteiger partial charge on any atom is -0.379 e. The highest BCUT2D eigenvalue weighted by molar-refractivity contribution is 4.77. The largest absolute Gasteiger partial charge is 0.379 e. The summed E-state index contributed by atoms with van der Waals surface area (Å²) in [6, 6.07) is 0. The van der Waals surface area contributed by atoms with Crippen molar-refractivity contribution in [3.8, 4) is 0 Å². The first-order valence-electron chi connectivity index (χ1n) is 6.24. The third-order valence-electron chi connectivity index (χ3n) is 3.17. The lowest BCUT2D eigenvalue weighted by atomic mass is 9.97. The van der Waals surface area contributed by atoms with Gasteiger partial charge in [0.1, 0.15) is 0 Å². The van der Waals surface area contributed by atoms with Crippen LogP contribution in [0.1, 0.15) is 32.6 Å². The molecule has 0 spiro atoms. The molecule has 1 aliphatic carbocycles. The molecule has 0 heterocycles. The van der Waals surface area contributed by atoms with E-state index in [0.29, 0.717) is 11.8 Å². The van der Waals surface area contributed by atoms with Gasteiger partial charge < -0.3 is 15.2 Å². The van der Waals surface area contributed by atoms with Gasteiger partial charge in [-0.2, -0.15) is 0 Å². The molecular formula is C12H25NO2. The fourth-order valence-corrected chi connectivity index (χ4v) is 2.24. The van der Waals surface area contributed by atoms with E-state index in [1.165, 1.54) is 19.3 Å². The Bertz CT molecular complexity index is 153.